The number of pyridine rings is 1. The predicted octanol–water partition coefficient (Wildman–Crippen LogP) is 5.43. The Kier molecular flexibility index (Phi) is 4.72. The molecular weight excluding hydrogens is 426 g/mol. The Hall–Kier alpha value is -3.71. The van der Waals surface area contributed by atoms with Crippen molar-refractivity contribution < 1.29 is 12.3 Å². The number of nitrogens with zero attached hydrogens (tertiary/aromatic N) is 2. The summed E-state index contributed by atoms with van der Waals surface area (Å²) in [5.74, 6) is 0.491. The Morgan fingerprint density at radius 2 is 2.12 bits per heavy atom. The lowest BCUT2D eigenvalue weighted by atomic mass is 10.1. The highest BCUT2D eigenvalue weighted by Crippen LogP contribution is 2.35. The highest BCUT2D eigenvalue weighted by Gasteiger charge is 2.23. The van der Waals surface area contributed by atoms with E-state index in [-0.39, 0.29) is 0 Å². The van der Waals surface area contributed by atoms with Gasteiger partial charge in [-0.1, -0.05) is 17.7 Å². The van der Waals surface area contributed by atoms with Crippen LogP contribution in [0.4, 0.5) is 21.9 Å². The largest absolute Gasteiger partial charge is 0.495 e. The van der Waals surface area contributed by atoms with Gasteiger partial charge in [0.25, 0.3) is 0 Å². The Bertz CT molecular complexity index is 1390. The summed E-state index contributed by atoms with van der Waals surface area (Å²) in [7, 11) is 1.52. The second kappa shape index (κ2) is 8.43. The van der Waals surface area contributed by atoms with Gasteiger partial charge in [-0.15, -0.1) is 0 Å². The number of nitrogens with one attached hydrogen (secondary N) is 3. The van der Waals surface area contributed by atoms with E-state index >= 15 is 0 Å². The molecule has 0 unspecified atom stereocenters. The van der Waals surface area contributed by atoms with E-state index in [1.165, 1.54) is 7.11 Å². The molecule has 32 heavy (non-hydrogen) atoms. The summed E-state index contributed by atoms with van der Waals surface area (Å²) in [6.07, 6.45) is 3.93. The average molecular weight is 450 g/mol. The maximum atomic E-state index is 12.8. The number of carbonyl (C=O) groups is 1. The molecule has 0 spiro atoms. The zero-order valence-electron chi connectivity index (χ0n) is 19.3. The number of halogens is 1. The van der Waals surface area contributed by atoms with Gasteiger partial charge < -0.3 is 25.3 Å². The fourth-order valence-electron chi connectivity index (χ4n) is 3.92. The summed E-state index contributed by atoms with van der Waals surface area (Å²) in [6, 6.07) is 13.7. The van der Waals surface area contributed by atoms with Crippen LogP contribution in [0.15, 0.2) is 60.9 Å². The number of H-pyrrole nitrogens is 1. The maximum Gasteiger partial charge on any atom is 0.323 e. The zero-order chi connectivity index (χ0) is 23.9. The molecule has 8 heteroatoms. The van der Waals surface area contributed by atoms with Gasteiger partial charge in [0, 0.05) is 52.8 Å². The Morgan fingerprint density at radius 1 is 1.25 bits per heavy atom. The molecule has 0 saturated carbocycles. The van der Waals surface area contributed by atoms with Crippen molar-refractivity contribution in [2.45, 2.75) is 12.9 Å². The number of urea groups is 1. The van der Waals surface area contributed by atoms with Crippen molar-refractivity contribution >= 4 is 45.7 Å². The monoisotopic (exact) mass is 449 g/mol. The second-order valence-electron chi connectivity index (χ2n) is 7.34. The summed E-state index contributed by atoms with van der Waals surface area (Å²) >= 11 is 6.06. The van der Waals surface area contributed by atoms with Gasteiger partial charge in [0.1, 0.15) is 11.4 Å². The lowest BCUT2D eigenvalue weighted by molar-refractivity contribution is 0.262. The summed E-state index contributed by atoms with van der Waals surface area (Å²) in [5.41, 5.74) is 3.84. The topological polar surface area (TPSA) is 82.3 Å². The fraction of sp³-hybridized carbons (Fsp3) is 0.167. The zero-order valence-corrected chi connectivity index (χ0v) is 18.0. The summed E-state index contributed by atoms with van der Waals surface area (Å²) in [6.45, 7) is -1.31. The minimum absolute atomic E-state index is 0.446. The van der Waals surface area contributed by atoms with E-state index in [1.54, 1.807) is 47.6 Å². The number of anilines is 3. The van der Waals surface area contributed by atoms with E-state index < -0.39 is 12.5 Å². The number of methoxy groups -OCH3 is 1. The van der Waals surface area contributed by atoms with Gasteiger partial charge in [0.2, 0.25) is 0 Å². The molecule has 1 aliphatic rings. The van der Waals surface area contributed by atoms with Crippen molar-refractivity contribution in [2.24, 2.45) is 0 Å². The maximum absolute atomic E-state index is 12.8. The SMILES string of the molecule is [2H]C([2H])(c1c[nH]c2ncccc12)N1CCc2c(NC(=O)Nc3cc(Cl)ccc3OC)cccc21. The van der Waals surface area contributed by atoms with Crippen LogP contribution < -0.4 is 20.3 Å². The van der Waals surface area contributed by atoms with Gasteiger partial charge in [-0.25, -0.2) is 9.78 Å². The number of hydrogen-bond donors (Lipinski definition) is 3. The molecule has 0 fully saturated rings. The number of aromatic nitrogens is 2. The standard InChI is InChI=1S/C24H22ClN5O2/c1-32-22-8-7-16(25)12-20(22)29-24(31)28-19-5-2-6-21-18(19)9-11-30(21)14-15-13-27-23-17(15)4-3-10-26-23/h2-8,10,12-13H,9,11,14H2,1H3,(H,26,27)(H2,28,29,31)/i14D2. The van der Waals surface area contributed by atoms with Crippen LogP contribution in [0.1, 0.15) is 13.9 Å². The molecule has 5 rings (SSSR count). The minimum Gasteiger partial charge on any atom is -0.495 e. The van der Waals surface area contributed by atoms with E-state index in [1.807, 2.05) is 18.2 Å². The number of amides is 2. The van der Waals surface area contributed by atoms with Crippen LogP contribution >= 0.6 is 11.6 Å². The van der Waals surface area contributed by atoms with Gasteiger partial charge in [0.05, 0.1) is 15.5 Å². The predicted molar refractivity (Wildman–Crippen MR) is 128 cm³/mol. The van der Waals surface area contributed by atoms with Gasteiger partial charge >= 0.3 is 6.03 Å². The van der Waals surface area contributed by atoms with Crippen LogP contribution in [-0.4, -0.2) is 29.7 Å². The van der Waals surface area contributed by atoms with E-state index in [2.05, 4.69) is 20.6 Å². The number of rotatable bonds is 5. The normalized spacial score (nSPS) is 14.0. The fourth-order valence-corrected chi connectivity index (χ4v) is 4.09. The van der Waals surface area contributed by atoms with Crippen molar-refractivity contribution in [3.63, 3.8) is 0 Å². The Balaban J connectivity index is 1.41. The first-order chi connectivity index (χ1) is 16.4. The summed E-state index contributed by atoms with van der Waals surface area (Å²) in [4.78, 5) is 21.8. The first kappa shape index (κ1) is 17.9. The van der Waals surface area contributed by atoms with E-state index in [9.17, 15) is 4.79 Å². The van der Waals surface area contributed by atoms with Gasteiger partial charge in [-0.3, -0.25) is 0 Å². The lowest BCUT2D eigenvalue weighted by Gasteiger charge is -2.20. The third kappa shape index (κ3) is 3.83. The first-order valence-electron chi connectivity index (χ1n) is 11.1. The Morgan fingerprint density at radius 3 is 3.00 bits per heavy atom. The highest BCUT2D eigenvalue weighted by atomic mass is 35.5. The lowest BCUT2D eigenvalue weighted by Crippen LogP contribution is -2.20. The minimum atomic E-state index is -1.78. The molecule has 0 atom stereocenters. The third-order valence-electron chi connectivity index (χ3n) is 5.39. The van der Waals surface area contributed by atoms with E-state index in [4.69, 9.17) is 19.1 Å². The molecule has 2 amide bonds. The second-order valence-corrected chi connectivity index (χ2v) is 7.78. The molecule has 162 valence electrons. The number of ether oxygens (including phenoxy) is 1. The van der Waals surface area contributed by atoms with Crippen molar-refractivity contribution in [3.05, 3.63) is 77.1 Å². The molecule has 1 aliphatic heterocycles. The number of benzene rings is 2. The average Bonchev–Trinajstić information content (AvgIpc) is 3.45. The van der Waals surface area contributed by atoms with Gasteiger partial charge in [0.15, 0.2) is 0 Å². The molecular formula is C24H22ClN5O2. The van der Waals surface area contributed by atoms with E-state index in [0.29, 0.717) is 46.3 Å². The van der Waals surface area contributed by atoms with Crippen molar-refractivity contribution in [1.82, 2.24) is 9.97 Å². The van der Waals surface area contributed by atoms with Crippen LogP contribution in [0.2, 0.25) is 5.02 Å². The molecule has 3 heterocycles. The molecule has 4 aromatic rings. The number of aromatic amines is 1. The number of hydrogen-bond acceptors (Lipinski definition) is 4. The molecule has 7 nitrogen and oxygen atoms in total. The Labute approximate surface area is 193 Å². The number of fused-ring (bicyclic) bond motifs is 2. The smallest absolute Gasteiger partial charge is 0.323 e. The number of carbonyl (C=O) groups excluding carboxylic acids is 1. The summed E-state index contributed by atoms with van der Waals surface area (Å²) in [5, 5.41) is 6.87. The van der Waals surface area contributed by atoms with Crippen LogP contribution in [0.25, 0.3) is 11.0 Å². The molecule has 2 aromatic carbocycles. The van der Waals surface area contributed by atoms with Crippen LogP contribution in [0.5, 0.6) is 5.75 Å². The van der Waals surface area contributed by atoms with E-state index in [0.717, 1.165) is 16.6 Å². The van der Waals surface area contributed by atoms with Crippen LogP contribution in [0.3, 0.4) is 0 Å². The van der Waals surface area contributed by atoms with Crippen molar-refractivity contribution in [1.29, 1.82) is 0 Å². The van der Waals surface area contributed by atoms with Crippen LogP contribution in [-0.2, 0) is 12.9 Å². The highest BCUT2D eigenvalue weighted by molar-refractivity contribution is 6.31. The molecule has 0 aliphatic carbocycles. The third-order valence-corrected chi connectivity index (χ3v) is 5.63. The molecule has 0 bridgehead atoms. The van der Waals surface area contributed by atoms with Crippen molar-refractivity contribution in [2.75, 3.05) is 29.2 Å². The quantitative estimate of drug-likeness (QED) is 0.379. The molecule has 2 aromatic heterocycles. The van der Waals surface area contributed by atoms with Crippen LogP contribution in [0, 0.1) is 0 Å². The molecule has 0 radical (unpaired) electrons. The van der Waals surface area contributed by atoms with Gasteiger partial charge in [-0.05, 0) is 54.4 Å². The molecule has 0 saturated heterocycles. The van der Waals surface area contributed by atoms with Crippen molar-refractivity contribution in [3.8, 4) is 5.75 Å². The summed E-state index contributed by atoms with van der Waals surface area (Å²) < 4.78 is 23.2. The van der Waals surface area contributed by atoms with Gasteiger partial charge in [-0.2, -0.15) is 0 Å². The molecule has 3 N–H and O–H groups in total. The first-order valence-corrected chi connectivity index (χ1v) is 10.5.